The average Bonchev–Trinajstić information content (AvgIpc) is 2.90. The number of fused-ring (bicyclic) bond motifs is 1. The van der Waals surface area contributed by atoms with Gasteiger partial charge in [-0.05, 0) is 24.3 Å². The number of amides is 1. The van der Waals surface area contributed by atoms with E-state index in [2.05, 4.69) is 4.98 Å². The molecule has 0 spiro atoms. The number of nitrogens with two attached hydrogens (primary N) is 1. The van der Waals surface area contributed by atoms with Crippen molar-refractivity contribution in [3.63, 3.8) is 0 Å². The van der Waals surface area contributed by atoms with Gasteiger partial charge in [0.15, 0.2) is 5.58 Å². The molecule has 0 aliphatic heterocycles. The highest BCUT2D eigenvalue weighted by atomic mass is 35.5. The summed E-state index contributed by atoms with van der Waals surface area (Å²) in [5.74, 6) is -0.825. The van der Waals surface area contributed by atoms with Crippen molar-refractivity contribution in [2.24, 2.45) is 5.73 Å². The minimum absolute atomic E-state index is 0. The number of para-hydroxylation sites is 1. The van der Waals surface area contributed by atoms with Crippen molar-refractivity contribution in [2.45, 2.75) is 0 Å². The molecule has 3 rings (SSSR count). The third-order valence-corrected chi connectivity index (χ3v) is 3.09. The molecule has 0 aliphatic carbocycles. The van der Waals surface area contributed by atoms with Crippen molar-refractivity contribution in [1.82, 2.24) is 4.98 Å². The number of hydrogen-bond donors (Lipinski definition) is 1. The third kappa shape index (κ3) is 2.48. The molecule has 1 heterocycles. The number of halogens is 2. The number of carbonyl (C=O) groups is 1. The average molecular weight is 323 g/mol. The number of rotatable bonds is 3. The van der Waals surface area contributed by atoms with Gasteiger partial charge in [0, 0.05) is 0 Å². The fourth-order valence-electron chi connectivity index (χ4n) is 2.14. The van der Waals surface area contributed by atoms with E-state index in [0.29, 0.717) is 11.3 Å². The number of aromatic nitrogens is 1. The Morgan fingerprint density at radius 1 is 1.27 bits per heavy atom. The SMILES string of the molecule is COc1ccccc1-c1nc2c(C(N)=O)c(F)ccc2o1.Cl. The lowest BCUT2D eigenvalue weighted by atomic mass is 10.1. The van der Waals surface area contributed by atoms with Crippen LogP contribution in [0.25, 0.3) is 22.6 Å². The largest absolute Gasteiger partial charge is 0.496 e. The Morgan fingerprint density at radius 3 is 2.68 bits per heavy atom. The molecule has 0 saturated carbocycles. The van der Waals surface area contributed by atoms with Crippen molar-refractivity contribution >= 4 is 29.4 Å². The summed E-state index contributed by atoms with van der Waals surface area (Å²) in [6.07, 6.45) is 0. The number of methoxy groups -OCH3 is 1. The summed E-state index contributed by atoms with van der Waals surface area (Å²) in [6, 6.07) is 9.63. The molecule has 22 heavy (non-hydrogen) atoms. The Hall–Kier alpha value is -2.60. The first kappa shape index (κ1) is 15.8. The van der Waals surface area contributed by atoms with Crippen molar-refractivity contribution < 1.29 is 18.3 Å². The number of carbonyl (C=O) groups excluding carboxylic acids is 1. The van der Waals surface area contributed by atoms with Gasteiger partial charge in [-0.25, -0.2) is 9.37 Å². The minimum atomic E-state index is -0.891. The van der Waals surface area contributed by atoms with Crippen LogP contribution in [0.1, 0.15) is 10.4 Å². The van der Waals surface area contributed by atoms with E-state index in [4.69, 9.17) is 14.9 Å². The second kappa shape index (κ2) is 6.03. The van der Waals surface area contributed by atoms with Gasteiger partial charge in [0.2, 0.25) is 5.89 Å². The summed E-state index contributed by atoms with van der Waals surface area (Å²) in [5.41, 5.74) is 5.91. The molecule has 2 N–H and O–H groups in total. The van der Waals surface area contributed by atoms with Gasteiger partial charge in [0.1, 0.15) is 22.6 Å². The second-order valence-corrected chi connectivity index (χ2v) is 4.35. The lowest BCUT2D eigenvalue weighted by molar-refractivity contribution is 0.0998. The maximum atomic E-state index is 13.7. The van der Waals surface area contributed by atoms with Crippen LogP contribution in [0.4, 0.5) is 4.39 Å². The van der Waals surface area contributed by atoms with Crippen LogP contribution in [-0.2, 0) is 0 Å². The van der Waals surface area contributed by atoms with Crippen LogP contribution in [0.3, 0.4) is 0 Å². The van der Waals surface area contributed by atoms with Crippen LogP contribution in [0.5, 0.6) is 5.75 Å². The predicted octanol–water partition coefficient (Wildman–Crippen LogP) is 3.16. The zero-order chi connectivity index (χ0) is 15.0. The van der Waals surface area contributed by atoms with Crippen molar-refractivity contribution in [1.29, 1.82) is 0 Å². The molecule has 0 saturated heterocycles. The fourth-order valence-corrected chi connectivity index (χ4v) is 2.14. The smallest absolute Gasteiger partial charge is 0.254 e. The zero-order valence-corrected chi connectivity index (χ0v) is 12.3. The van der Waals surface area contributed by atoms with Crippen LogP contribution in [0.15, 0.2) is 40.8 Å². The van der Waals surface area contributed by atoms with E-state index >= 15 is 0 Å². The molecule has 7 heteroatoms. The first-order valence-electron chi connectivity index (χ1n) is 6.14. The van der Waals surface area contributed by atoms with Crippen molar-refractivity contribution in [2.75, 3.05) is 7.11 Å². The predicted molar refractivity (Wildman–Crippen MR) is 81.7 cm³/mol. The lowest BCUT2D eigenvalue weighted by Gasteiger charge is -2.03. The Morgan fingerprint density at radius 2 is 2.00 bits per heavy atom. The van der Waals surface area contributed by atoms with Crippen LogP contribution in [0, 0.1) is 5.82 Å². The van der Waals surface area contributed by atoms with Crippen molar-refractivity contribution in [3.8, 4) is 17.2 Å². The number of ether oxygens (including phenoxy) is 1. The van der Waals surface area contributed by atoms with Gasteiger partial charge in [-0.3, -0.25) is 4.79 Å². The van der Waals surface area contributed by atoms with Gasteiger partial charge in [-0.15, -0.1) is 12.4 Å². The highest BCUT2D eigenvalue weighted by Gasteiger charge is 2.20. The van der Waals surface area contributed by atoms with Gasteiger partial charge < -0.3 is 14.9 Å². The van der Waals surface area contributed by atoms with Gasteiger partial charge in [-0.2, -0.15) is 0 Å². The standard InChI is InChI=1S/C15H11FN2O3.ClH/c1-20-10-5-3-2-4-8(10)15-18-13-11(21-15)7-6-9(16)12(13)14(17)19;/h2-7H,1H3,(H2,17,19);1H. The summed E-state index contributed by atoms with van der Waals surface area (Å²) in [6.45, 7) is 0. The summed E-state index contributed by atoms with van der Waals surface area (Å²) in [7, 11) is 1.52. The Bertz CT molecular complexity index is 848. The fraction of sp³-hybridized carbons (Fsp3) is 0.0667. The summed E-state index contributed by atoms with van der Waals surface area (Å²) >= 11 is 0. The Balaban J connectivity index is 0.00000176. The number of primary amides is 1. The van der Waals surface area contributed by atoms with Gasteiger partial charge >= 0.3 is 0 Å². The van der Waals surface area contributed by atoms with E-state index < -0.39 is 11.7 Å². The maximum Gasteiger partial charge on any atom is 0.254 e. The minimum Gasteiger partial charge on any atom is -0.496 e. The second-order valence-electron chi connectivity index (χ2n) is 4.35. The molecule has 2 aromatic carbocycles. The van der Waals surface area contributed by atoms with E-state index in [1.165, 1.54) is 13.2 Å². The van der Waals surface area contributed by atoms with E-state index in [-0.39, 0.29) is 35.0 Å². The first-order chi connectivity index (χ1) is 10.1. The zero-order valence-electron chi connectivity index (χ0n) is 11.5. The molecule has 5 nitrogen and oxygen atoms in total. The Kier molecular flexibility index (Phi) is 4.32. The summed E-state index contributed by atoms with van der Waals surface area (Å²) in [5, 5.41) is 0. The molecule has 0 bridgehead atoms. The quantitative estimate of drug-likeness (QED) is 0.803. The number of nitrogens with zero attached hydrogens (tertiary/aromatic N) is 1. The third-order valence-electron chi connectivity index (χ3n) is 3.09. The number of benzene rings is 2. The highest BCUT2D eigenvalue weighted by molar-refractivity contribution is 6.04. The molecule has 1 amide bonds. The van der Waals surface area contributed by atoms with Crippen molar-refractivity contribution in [3.05, 3.63) is 47.8 Å². The van der Waals surface area contributed by atoms with E-state index in [9.17, 15) is 9.18 Å². The molecule has 1 aromatic heterocycles. The topological polar surface area (TPSA) is 78.4 Å². The normalized spacial score (nSPS) is 10.3. The van der Waals surface area contributed by atoms with Gasteiger partial charge in [0.25, 0.3) is 5.91 Å². The molecule has 114 valence electrons. The monoisotopic (exact) mass is 322 g/mol. The van der Waals surface area contributed by atoms with E-state index in [1.807, 2.05) is 0 Å². The van der Waals surface area contributed by atoms with Crippen LogP contribution in [0.2, 0.25) is 0 Å². The summed E-state index contributed by atoms with van der Waals surface area (Å²) in [4.78, 5) is 15.6. The van der Waals surface area contributed by atoms with Crippen LogP contribution >= 0.6 is 12.4 Å². The highest BCUT2D eigenvalue weighted by Crippen LogP contribution is 2.32. The number of oxazole rings is 1. The Labute approximate surface area is 131 Å². The van der Waals surface area contributed by atoms with E-state index in [1.54, 1.807) is 24.3 Å². The molecule has 0 atom stereocenters. The molecular weight excluding hydrogens is 311 g/mol. The molecule has 0 unspecified atom stereocenters. The molecule has 0 fully saturated rings. The van der Waals surface area contributed by atoms with Gasteiger partial charge in [-0.1, -0.05) is 12.1 Å². The molecule has 0 radical (unpaired) electrons. The first-order valence-corrected chi connectivity index (χ1v) is 6.14. The maximum absolute atomic E-state index is 13.7. The van der Waals surface area contributed by atoms with Crippen LogP contribution < -0.4 is 10.5 Å². The van der Waals surface area contributed by atoms with E-state index in [0.717, 1.165) is 6.07 Å². The molecule has 0 aliphatic rings. The van der Waals surface area contributed by atoms with Gasteiger partial charge in [0.05, 0.1) is 12.7 Å². The molecular formula is C15H12ClFN2O3. The number of hydrogen-bond acceptors (Lipinski definition) is 4. The summed E-state index contributed by atoms with van der Waals surface area (Å²) < 4.78 is 24.5. The van der Waals surface area contributed by atoms with Crippen LogP contribution in [-0.4, -0.2) is 18.0 Å². The lowest BCUT2D eigenvalue weighted by Crippen LogP contribution is -2.13. The molecule has 3 aromatic rings.